The minimum absolute atomic E-state index is 0.0219. The van der Waals surface area contributed by atoms with Crippen molar-refractivity contribution in [1.29, 1.82) is 5.41 Å². The van der Waals surface area contributed by atoms with Gasteiger partial charge in [0.15, 0.2) is 12.7 Å². The smallest absolute Gasteiger partial charge is 0.257 e. The molecule has 0 unspecified atom stereocenters. The van der Waals surface area contributed by atoms with Gasteiger partial charge in [0.25, 0.3) is 11.8 Å². The lowest BCUT2D eigenvalue weighted by Crippen LogP contribution is -2.37. The van der Waals surface area contributed by atoms with E-state index in [4.69, 9.17) is 25.4 Å². The van der Waals surface area contributed by atoms with E-state index in [0.717, 1.165) is 25.2 Å². The Hall–Kier alpha value is -3.77. The average Bonchev–Trinajstić information content (AvgIpc) is 2.92. The van der Waals surface area contributed by atoms with Crippen LogP contribution in [0.2, 0.25) is 0 Å². The first kappa shape index (κ1) is 31.4. The highest BCUT2D eigenvalue weighted by Gasteiger charge is 2.28. The second-order valence-corrected chi connectivity index (χ2v) is 8.46. The molecule has 12 heteroatoms. The van der Waals surface area contributed by atoms with Crippen LogP contribution in [0.3, 0.4) is 0 Å². The molecule has 0 spiro atoms. The van der Waals surface area contributed by atoms with Gasteiger partial charge in [0.1, 0.15) is 29.0 Å². The first-order chi connectivity index (χ1) is 18.6. The minimum atomic E-state index is -1.56. The van der Waals surface area contributed by atoms with E-state index in [-0.39, 0.29) is 43.0 Å². The van der Waals surface area contributed by atoms with Crippen LogP contribution in [0, 0.1) is 17.0 Å². The SMILES string of the molecule is CCO[C@H](C(=O)NCc1ccc(C(=N)N)cc1OCC(=O)NCCN(CC)CC)c1c(F)cc(OC)cc1F. The number of carbonyl (C=O) groups is 2. The normalized spacial score (nSPS) is 11.7. The minimum Gasteiger partial charge on any atom is -0.497 e. The highest BCUT2D eigenvalue weighted by atomic mass is 19.1. The lowest BCUT2D eigenvalue weighted by Gasteiger charge is -2.20. The summed E-state index contributed by atoms with van der Waals surface area (Å²) in [6.45, 7) is 8.18. The number of rotatable bonds is 16. The van der Waals surface area contributed by atoms with E-state index in [2.05, 4.69) is 15.5 Å². The Labute approximate surface area is 227 Å². The van der Waals surface area contributed by atoms with Gasteiger partial charge in [-0.2, -0.15) is 0 Å². The number of amides is 2. The van der Waals surface area contributed by atoms with Crippen molar-refractivity contribution in [3.8, 4) is 11.5 Å². The predicted molar refractivity (Wildman–Crippen MR) is 143 cm³/mol. The number of nitrogen functional groups attached to an aromatic ring is 1. The molecule has 214 valence electrons. The third-order valence-electron chi connectivity index (χ3n) is 5.96. The van der Waals surface area contributed by atoms with Crippen LogP contribution in [-0.2, 0) is 20.9 Å². The number of carbonyl (C=O) groups excluding carboxylic acids is 2. The molecule has 39 heavy (non-hydrogen) atoms. The maximum Gasteiger partial charge on any atom is 0.257 e. The summed E-state index contributed by atoms with van der Waals surface area (Å²) in [6, 6.07) is 6.56. The molecule has 0 radical (unpaired) electrons. The van der Waals surface area contributed by atoms with Gasteiger partial charge in [-0.1, -0.05) is 26.0 Å². The van der Waals surface area contributed by atoms with Gasteiger partial charge in [0.2, 0.25) is 0 Å². The second kappa shape index (κ2) is 15.6. The van der Waals surface area contributed by atoms with Crippen LogP contribution in [-0.4, -0.2) is 69.1 Å². The molecular weight excluding hydrogens is 512 g/mol. The molecule has 5 N–H and O–H groups in total. The van der Waals surface area contributed by atoms with Gasteiger partial charge < -0.3 is 35.5 Å². The first-order valence-electron chi connectivity index (χ1n) is 12.7. The van der Waals surface area contributed by atoms with Crippen molar-refractivity contribution in [3.05, 3.63) is 58.7 Å². The van der Waals surface area contributed by atoms with Gasteiger partial charge in [0.05, 0.1) is 12.7 Å². The quantitative estimate of drug-likeness (QED) is 0.186. The van der Waals surface area contributed by atoms with Crippen molar-refractivity contribution in [2.24, 2.45) is 5.73 Å². The summed E-state index contributed by atoms with van der Waals surface area (Å²) in [7, 11) is 1.27. The number of methoxy groups -OCH3 is 1. The Morgan fingerprint density at radius 3 is 2.31 bits per heavy atom. The molecule has 0 fully saturated rings. The van der Waals surface area contributed by atoms with Crippen LogP contribution in [0.5, 0.6) is 11.5 Å². The third kappa shape index (κ3) is 9.18. The van der Waals surface area contributed by atoms with Gasteiger partial charge in [-0.15, -0.1) is 0 Å². The van der Waals surface area contributed by atoms with Crippen molar-refractivity contribution in [2.45, 2.75) is 33.4 Å². The van der Waals surface area contributed by atoms with Gasteiger partial charge in [-0.05, 0) is 26.1 Å². The van der Waals surface area contributed by atoms with E-state index in [0.29, 0.717) is 24.2 Å². The lowest BCUT2D eigenvalue weighted by atomic mass is 10.1. The Bertz CT molecular complexity index is 1120. The molecule has 0 saturated heterocycles. The molecular formula is C27H37F2N5O5. The number of hydrogen-bond acceptors (Lipinski definition) is 7. The largest absolute Gasteiger partial charge is 0.497 e. The fraction of sp³-hybridized carbons (Fsp3) is 0.444. The molecule has 0 aliphatic heterocycles. The number of nitrogens with two attached hydrogens (primary N) is 1. The van der Waals surface area contributed by atoms with Gasteiger partial charge in [0, 0.05) is 49.5 Å². The summed E-state index contributed by atoms with van der Waals surface area (Å²) in [4.78, 5) is 27.5. The van der Waals surface area contributed by atoms with Crippen LogP contribution in [0.1, 0.15) is 43.6 Å². The summed E-state index contributed by atoms with van der Waals surface area (Å²) >= 11 is 0. The molecule has 2 rings (SSSR count). The zero-order valence-corrected chi connectivity index (χ0v) is 22.7. The van der Waals surface area contributed by atoms with E-state index < -0.39 is 29.2 Å². The van der Waals surface area contributed by atoms with Crippen LogP contribution in [0.15, 0.2) is 30.3 Å². The topological polar surface area (TPSA) is 139 Å². The van der Waals surface area contributed by atoms with Crippen LogP contribution < -0.4 is 25.8 Å². The summed E-state index contributed by atoms with van der Waals surface area (Å²) in [5.41, 5.74) is 5.87. The number of amidine groups is 1. The van der Waals surface area contributed by atoms with Crippen molar-refractivity contribution in [3.63, 3.8) is 0 Å². The Morgan fingerprint density at radius 2 is 1.74 bits per heavy atom. The third-order valence-corrected chi connectivity index (χ3v) is 5.96. The van der Waals surface area contributed by atoms with E-state index in [9.17, 15) is 18.4 Å². The molecule has 2 amide bonds. The average molecular weight is 550 g/mol. The molecule has 0 bridgehead atoms. The number of hydrogen-bond donors (Lipinski definition) is 4. The molecule has 2 aromatic carbocycles. The summed E-state index contributed by atoms with van der Waals surface area (Å²) in [5, 5.41) is 13.1. The summed E-state index contributed by atoms with van der Waals surface area (Å²) in [5.74, 6) is -3.11. The van der Waals surface area contributed by atoms with Crippen molar-refractivity contribution < 1.29 is 32.6 Å². The summed E-state index contributed by atoms with van der Waals surface area (Å²) in [6.07, 6.45) is -1.56. The van der Waals surface area contributed by atoms with Gasteiger partial charge in [-0.3, -0.25) is 15.0 Å². The highest BCUT2D eigenvalue weighted by molar-refractivity contribution is 5.95. The number of benzene rings is 2. The molecule has 0 aliphatic carbocycles. The van der Waals surface area contributed by atoms with E-state index in [1.807, 2.05) is 13.8 Å². The molecule has 0 heterocycles. The zero-order chi connectivity index (χ0) is 28.9. The monoisotopic (exact) mass is 549 g/mol. The van der Waals surface area contributed by atoms with Crippen LogP contribution in [0.25, 0.3) is 0 Å². The maximum atomic E-state index is 14.7. The van der Waals surface area contributed by atoms with E-state index in [1.165, 1.54) is 13.2 Å². The van der Waals surface area contributed by atoms with E-state index >= 15 is 0 Å². The molecule has 0 aromatic heterocycles. The van der Waals surface area contributed by atoms with Crippen molar-refractivity contribution in [2.75, 3.05) is 46.5 Å². The highest BCUT2D eigenvalue weighted by Crippen LogP contribution is 2.29. The van der Waals surface area contributed by atoms with Crippen molar-refractivity contribution in [1.82, 2.24) is 15.5 Å². The maximum absolute atomic E-state index is 14.7. The molecule has 0 saturated carbocycles. The molecule has 2 aromatic rings. The fourth-order valence-electron chi connectivity index (χ4n) is 3.75. The summed E-state index contributed by atoms with van der Waals surface area (Å²) < 4.78 is 45.3. The standard InChI is InChI=1S/C27H37F2N5O5/c1-5-34(6-2)11-10-32-23(35)16-39-22-12-17(26(30)31)8-9-18(22)15-33-27(36)25(38-7-3)24-20(28)13-19(37-4)14-21(24)29/h8-9,12-14,25H,5-7,10-11,15-16H2,1-4H3,(H3,30,31)(H,32,35)(H,33,36)/t25-/m0/s1. The second-order valence-electron chi connectivity index (χ2n) is 8.46. The molecule has 1 atom stereocenters. The number of likely N-dealkylation sites (N-methyl/N-ethyl adjacent to an activating group) is 1. The predicted octanol–water partition coefficient (Wildman–Crippen LogP) is 2.49. The number of nitrogens with one attached hydrogen (secondary N) is 3. The Balaban J connectivity index is 2.15. The van der Waals surface area contributed by atoms with Crippen molar-refractivity contribution >= 4 is 17.6 Å². The lowest BCUT2D eigenvalue weighted by molar-refractivity contribution is -0.133. The van der Waals surface area contributed by atoms with E-state index in [1.54, 1.807) is 19.1 Å². The Kier molecular flexibility index (Phi) is 12.6. The zero-order valence-electron chi connectivity index (χ0n) is 22.7. The molecule has 0 aliphatic rings. The first-order valence-corrected chi connectivity index (χ1v) is 12.7. The number of nitrogens with zero attached hydrogens (tertiary/aromatic N) is 1. The number of halogens is 2. The number of ether oxygens (including phenoxy) is 3. The fourth-order valence-corrected chi connectivity index (χ4v) is 3.75. The van der Waals surface area contributed by atoms with Gasteiger partial charge in [-0.25, -0.2) is 8.78 Å². The van der Waals surface area contributed by atoms with Gasteiger partial charge >= 0.3 is 0 Å². The van der Waals surface area contributed by atoms with Crippen LogP contribution >= 0.6 is 0 Å². The van der Waals surface area contributed by atoms with Crippen LogP contribution in [0.4, 0.5) is 8.78 Å². The molecule has 10 nitrogen and oxygen atoms in total. The Morgan fingerprint density at radius 1 is 1.08 bits per heavy atom.